The number of nitrogens with one attached hydrogen (secondary N) is 2. The molecule has 22 heavy (non-hydrogen) atoms. The number of cyclic esters (lactones) is 1. The zero-order valence-corrected chi connectivity index (χ0v) is 12.7. The second kappa shape index (κ2) is 7.43. The second-order valence-corrected chi connectivity index (χ2v) is 5.01. The fraction of sp³-hybridized carbons (Fsp3) is 0.538. The van der Waals surface area contributed by atoms with E-state index < -0.39 is 6.09 Å². The first-order chi connectivity index (χ1) is 10.6. The molecule has 0 radical (unpaired) electrons. The van der Waals surface area contributed by atoms with E-state index in [-0.39, 0.29) is 12.5 Å². The number of rotatable bonds is 7. The summed E-state index contributed by atoms with van der Waals surface area (Å²) in [5.41, 5.74) is 0.939. The van der Waals surface area contributed by atoms with Gasteiger partial charge in [-0.2, -0.15) is 5.10 Å². The number of nitrogens with zero attached hydrogens (tertiary/aromatic N) is 4. The number of ether oxygens (including phenoxy) is 1. The van der Waals surface area contributed by atoms with Crippen LogP contribution in [0.1, 0.15) is 0 Å². The van der Waals surface area contributed by atoms with Crippen LogP contribution in [-0.4, -0.2) is 74.0 Å². The molecule has 1 aromatic rings. The van der Waals surface area contributed by atoms with Crippen LogP contribution in [0.25, 0.3) is 0 Å². The van der Waals surface area contributed by atoms with Crippen LogP contribution in [0.5, 0.6) is 0 Å². The van der Waals surface area contributed by atoms with E-state index in [4.69, 9.17) is 4.74 Å². The van der Waals surface area contributed by atoms with Crippen LogP contribution in [0.15, 0.2) is 12.3 Å². The van der Waals surface area contributed by atoms with Crippen LogP contribution in [0.2, 0.25) is 0 Å². The topological polar surface area (TPSA) is 99.7 Å². The van der Waals surface area contributed by atoms with Gasteiger partial charge >= 0.3 is 6.09 Å². The van der Waals surface area contributed by atoms with Gasteiger partial charge in [0.15, 0.2) is 5.82 Å². The summed E-state index contributed by atoms with van der Waals surface area (Å²) in [4.78, 5) is 26.2. The Bertz CT molecular complexity index is 536. The third-order valence-electron chi connectivity index (χ3n) is 3.09. The Morgan fingerprint density at radius 1 is 1.45 bits per heavy atom. The van der Waals surface area contributed by atoms with Crippen LogP contribution in [-0.2, 0) is 9.53 Å². The fourth-order valence-corrected chi connectivity index (χ4v) is 1.88. The highest BCUT2D eigenvalue weighted by Gasteiger charge is 2.23. The van der Waals surface area contributed by atoms with Gasteiger partial charge in [-0.1, -0.05) is 0 Å². The molecule has 1 aliphatic heterocycles. The van der Waals surface area contributed by atoms with Crippen molar-refractivity contribution in [3.63, 3.8) is 0 Å². The van der Waals surface area contributed by atoms with Gasteiger partial charge in [0.1, 0.15) is 13.2 Å². The SMILES string of the molecule is CN(C)c1cnnc(NCCNC(=O)CN2CCOC2=O)c1. The van der Waals surface area contributed by atoms with E-state index in [1.807, 2.05) is 25.1 Å². The van der Waals surface area contributed by atoms with Gasteiger partial charge in [-0.15, -0.1) is 5.10 Å². The Morgan fingerprint density at radius 3 is 2.95 bits per heavy atom. The zero-order valence-electron chi connectivity index (χ0n) is 12.7. The van der Waals surface area contributed by atoms with Gasteiger partial charge < -0.3 is 20.3 Å². The molecule has 0 saturated carbocycles. The molecule has 0 bridgehead atoms. The lowest BCUT2D eigenvalue weighted by atomic mass is 10.4. The summed E-state index contributed by atoms with van der Waals surface area (Å²) < 4.78 is 4.76. The highest BCUT2D eigenvalue weighted by atomic mass is 16.6. The molecule has 1 fully saturated rings. The maximum atomic E-state index is 11.7. The molecule has 0 aliphatic carbocycles. The molecule has 0 aromatic carbocycles. The van der Waals surface area contributed by atoms with Crippen molar-refractivity contribution in [1.29, 1.82) is 0 Å². The van der Waals surface area contributed by atoms with Crippen molar-refractivity contribution < 1.29 is 14.3 Å². The van der Waals surface area contributed by atoms with E-state index in [0.717, 1.165) is 5.69 Å². The quantitative estimate of drug-likeness (QED) is 0.656. The van der Waals surface area contributed by atoms with Gasteiger partial charge in [-0.3, -0.25) is 9.69 Å². The fourth-order valence-electron chi connectivity index (χ4n) is 1.88. The van der Waals surface area contributed by atoms with E-state index >= 15 is 0 Å². The third kappa shape index (κ3) is 4.47. The number of hydrogen-bond donors (Lipinski definition) is 2. The lowest BCUT2D eigenvalue weighted by Crippen LogP contribution is -2.39. The largest absolute Gasteiger partial charge is 0.448 e. The molecule has 120 valence electrons. The normalized spacial score (nSPS) is 13.7. The molecule has 2 amide bonds. The maximum absolute atomic E-state index is 11.7. The van der Waals surface area contributed by atoms with Gasteiger partial charge in [-0.05, 0) is 0 Å². The van der Waals surface area contributed by atoms with Crippen LogP contribution in [0, 0.1) is 0 Å². The lowest BCUT2D eigenvalue weighted by molar-refractivity contribution is -0.121. The molecule has 0 spiro atoms. The minimum Gasteiger partial charge on any atom is -0.448 e. The summed E-state index contributed by atoms with van der Waals surface area (Å²) in [6.45, 7) is 1.76. The summed E-state index contributed by atoms with van der Waals surface area (Å²) in [5, 5.41) is 13.7. The van der Waals surface area contributed by atoms with Crippen molar-refractivity contribution in [3.8, 4) is 0 Å². The highest BCUT2D eigenvalue weighted by molar-refractivity contribution is 5.82. The molecule has 1 aromatic heterocycles. The van der Waals surface area contributed by atoms with Crippen molar-refractivity contribution in [3.05, 3.63) is 12.3 Å². The van der Waals surface area contributed by atoms with Gasteiger partial charge in [0.2, 0.25) is 5.91 Å². The molecular formula is C13H20N6O3. The van der Waals surface area contributed by atoms with Crippen molar-refractivity contribution in [2.24, 2.45) is 0 Å². The predicted molar refractivity (Wildman–Crippen MR) is 80.8 cm³/mol. The molecule has 2 N–H and O–H groups in total. The monoisotopic (exact) mass is 308 g/mol. The zero-order chi connectivity index (χ0) is 15.9. The first kappa shape index (κ1) is 15.8. The summed E-state index contributed by atoms with van der Waals surface area (Å²) in [6.07, 6.45) is 1.23. The molecule has 0 unspecified atom stereocenters. The highest BCUT2D eigenvalue weighted by Crippen LogP contribution is 2.12. The number of hydrogen-bond acceptors (Lipinski definition) is 7. The minimum atomic E-state index is -0.441. The van der Waals surface area contributed by atoms with Crippen molar-refractivity contribution in [2.75, 3.05) is 57.1 Å². The Balaban J connectivity index is 1.67. The third-order valence-corrected chi connectivity index (χ3v) is 3.09. The molecule has 9 nitrogen and oxygen atoms in total. The smallest absolute Gasteiger partial charge is 0.410 e. The van der Waals surface area contributed by atoms with E-state index in [2.05, 4.69) is 20.8 Å². The number of amides is 2. The summed E-state index contributed by atoms with van der Waals surface area (Å²) in [5.74, 6) is 0.428. The minimum absolute atomic E-state index is 0.0226. The van der Waals surface area contributed by atoms with Gasteiger partial charge in [0, 0.05) is 33.3 Å². The standard InChI is InChI=1S/C13H20N6O3/c1-18(2)10-7-11(17-16-8-10)14-3-4-15-12(20)9-19-5-6-22-13(19)21/h7-8H,3-6,9H2,1-2H3,(H,14,17)(H,15,20). The first-order valence-corrected chi connectivity index (χ1v) is 6.98. The molecule has 2 rings (SSSR count). The second-order valence-electron chi connectivity index (χ2n) is 5.01. The van der Waals surface area contributed by atoms with E-state index in [0.29, 0.717) is 32.1 Å². The Morgan fingerprint density at radius 2 is 2.27 bits per heavy atom. The number of anilines is 2. The van der Waals surface area contributed by atoms with E-state index in [1.54, 1.807) is 6.20 Å². The number of aromatic nitrogens is 2. The molecule has 9 heteroatoms. The van der Waals surface area contributed by atoms with Crippen LogP contribution in [0.3, 0.4) is 0 Å². The molecule has 1 saturated heterocycles. The summed E-state index contributed by atoms with van der Waals surface area (Å²) in [6, 6.07) is 1.87. The van der Waals surface area contributed by atoms with Crippen LogP contribution < -0.4 is 15.5 Å². The summed E-state index contributed by atoms with van der Waals surface area (Å²) >= 11 is 0. The average molecular weight is 308 g/mol. The average Bonchev–Trinajstić information content (AvgIpc) is 2.89. The molecule has 0 atom stereocenters. The Hall–Kier alpha value is -2.58. The van der Waals surface area contributed by atoms with Gasteiger partial charge in [-0.25, -0.2) is 4.79 Å². The van der Waals surface area contributed by atoms with Crippen LogP contribution in [0.4, 0.5) is 16.3 Å². The molecular weight excluding hydrogens is 288 g/mol. The molecule has 2 heterocycles. The Kier molecular flexibility index (Phi) is 5.34. The maximum Gasteiger partial charge on any atom is 0.410 e. The molecule has 1 aliphatic rings. The predicted octanol–water partition coefficient (Wildman–Crippen LogP) is -0.477. The van der Waals surface area contributed by atoms with Crippen molar-refractivity contribution in [1.82, 2.24) is 20.4 Å². The lowest BCUT2D eigenvalue weighted by Gasteiger charge is -2.14. The number of carbonyl (C=O) groups excluding carboxylic acids is 2. The van der Waals surface area contributed by atoms with Crippen LogP contribution >= 0.6 is 0 Å². The van der Waals surface area contributed by atoms with Gasteiger partial charge in [0.05, 0.1) is 18.4 Å². The number of carbonyl (C=O) groups is 2. The van der Waals surface area contributed by atoms with Crippen molar-refractivity contribution >= 4 is 23.5 Å². The van der Waals surface area contributed by atoms with E-state index in [9.17, 15) is 9.59 Å². The van der Waals surface area contributed by atoms with Gasteiger partial charge in [0.25, 0.3) is 0 Å². The van der Waals surface area contributed by atoms with Crippen molar-refractivity contribution in [2.45, 2.75) is 0 Å². The summed E-state index contributed by atoms with van der Waals surface area (Å²) in [7, 11) is 3.84. The van der Waals surface area contributed by atoms with E-state index in [1.165, 1.54) is 4.90 Å². The first-order valence-electron chi connectivity index (χ1n) is 6.98. The Labute approximate surface area is 128 Å².